The molecule has 0 spiro atoms. The molecule has 1 aromatic heterocycles. The van der Waals surface area contributed by atoms with E-state index in [4.69, 9.17) is 16.0 Å². The van der Waals surface area contributed by atoms with E-state index in [1.807, 2.05) is 44.3 Å². The van der Waals surface area contributed by atoms with Crippen LogP contribution < -0.4 is 5.32 Å². The molecule has 1 atom stereocenters. The fourth-order valence-electron chi connectivity index (χ4n) is 2.48. The van der Waals surface area contributed by atoms with E-state index < -0.39 is 0 Å². The summed E-state index contributed by atoms with van der Waals surface area (Å²) in [5, 5.41) is 4.17. The molecule has 114 valence electrons. The lowest BCUT2D eigenvalue weighted by Gasteiger charge is -2.22. The molecule has 2 rings (SSSR count). The van der Waals surface area contributed by atoms with Gasteiger partial charge in [-0.1, -0.05) is 29.8 Å². The molecule has 0 amide bonds. The van der Waals surface area contributed by atoms with E-state index in [0.717, 1.165) is 41.6 Å². The normalized spacial score (nSPS) is 12.8. The summed E-state index contributed by atoms with van der Waals surface area (Å²) in [6, 6.07) is 12.3. The number of hydrogen-bond acceptors (Lipinski definition) is 3. The molecule has 1 aromatic carbocycles. The van der Waals surface area contributed by atoms with Crippen molar-refractivity contribution >= 4 is 11.6 Å². The van der Waals surface area contributed by atoms with Crippen LogP contribution in [0.4, 0.5) is 0 Å². The summed E-state index contributed by atoms with van der Waals surface area (Å²) in [6.07, 6.45) is 0.996. The van der Waals surface area contributed by atoms with E-state index in [0.29, 0.717) is 0 Å². The number of rotatable bonds is 7. The predicted octanol–water partition coefficient (Wildman–Crippen LogP) is 4.02. The highest BCUT2D eigenvalue weighted by Gasteiger charge is 2.13. The molecule has 1 N–H and O–H groups in total. The largest absolute Gasteiger partial charge is 0.465 e. The van der Waals surface area contributed by atoms with Gasteiger partial charge in [-0.15, -0.1) is 0 Å². The van der Waals surface area contributed by atoms with Gasteiger partial charge < -0.3 is 9.73 Å². The van der Waals surface area contributed by atoms with Gasteiger partial charge in [0, 0.05) is 17.6 Å². The van der Waals surface area contributed by atoms with Crippen molar-refractivity contribution in [3.8, 4) is 0 Å². The molecular formula is C17H23ClN2O. The molecule has 0 aliphatic heterocycles. The van der Waals surface area contributed by atoms with Crippen LogP contribution in [0.1, 0.15) is 29.5 Å². The number of aryl methyl sites for hydroxylation is 1. The molecule has 0 radical (unpaired) electrons. The van der Waals surface area contributed by atoms with Crippen molar-refractivity contribution in [2.45, 2.75) is 25.9 Å². The van der Waals surface area contributed by atoms with Crippen LogP contribution in [0.15, 0.2) is 40.8 Å². The fraction of sp³-hybridized carbons (Fsp3) is 0.412. The van der Waals surface area contributed by atoms with Crippen LogP contribution in [0.3, 0.4) is 0 Å². The minimum Gasteiger partial charge on any atom is -0.465 e. The van der Waals surface area contributed by atoms with E-state index in [9.17, 15) is 0 Å². The third kappa shape index (κ3) is 4.60. The van der Waals surface area contributed by atoms with E-state index in [2.05, 4.69) is 23.3 Å². The topological polar surface area (TPSA) is 28.4 Å². The summed E-state index contributed by atoms with van der Waals surface area (Å²) in [6.45, 7) is 3.77. The molecule has 1 heterocycles. The molecule has 1 unspecified atom stereocenters. The number of halogens is 1. The molecule has 0 aliphatic rings. The first-order chi connectivity index (χ1) is 10.1. The highest BCUT2D eigenvalue weighted by Crippen LogP contribution is 2.25. The average Bonchev–Trinajstić information content (AvgIpc) is 2.86. The van der Waals surface area contributed by atoms with Crippen LogP contribution in [0, 0.1) is 6.92 Å². The number of nitrogens with zero attached hydrogens (tertiary/aromatic N) is 1. The first-order valence-electron chi connectivity index (χ1n) is 7.25. The molecule has 3 nitrogen and oxygen atoms in total. The Labute approximate surface area is 131 Å². The number of nitrogens with one attached hydrogen (secondary N) is 1. The highest BCUT2D eigenvalue weighted by atomic mass is 35.5. The van der Waals surface area contributed by atoms with Crippen LogP contribution in [-0.4, -0.2) is 25.5 Å². The molecule has 21 heavy (non-hydrogen) atoms. The Hall–Kier alpha value is -1.29. The van der Waals surface area contributed by atoms with Crippen molar-refractivity contribution in [3.63, 3.8) is 0 Å². The Balaban J connectivity index is 1.89. The van der Waals surface area contributed by atoms with Crippen molar-refractivity contribution in [3.05, 3.63) is 58.5 Å². The van der Waals surface area contributed by atoms with Gasteiger partial charge in [-0.05, 0) is 51.2 Å². The van der Waals surface area contributed by atoms with Gasteiger partial charge >= 0.3 is 0 Å². The van der Waals surface area contributed by atoms with Gasteiger partial charge in [0.1, 0.15) is 11.5 Å². The van der Waals surface area contributed by atoms with E-state index in [1.165, 1.54) is 0 Å². The van der Waals surface area contributed by atoms with Crippen molar-refractivity contribution in [1.82, 2.24) is 10.2 Å². The smallest absolute Gasteiger partial charge is 0.118 e. The number of furan rings is 1. The average molecular weight is 307 g/mol. The van der Waals surface area contributed by atoms with Gasteiger partial charge in [0.05, 0.1) is 6.54 Å². The number of hydrogen-bond donors (Lipinski definition) is 1. The highest BCUT2D eigenvalue weighted by molar-refractivity contribution is 6.31. The van der Waals surface area contributed by atoms with Gasteiger partial charge in [0.25, 0.3) is 0 Å². The van der Waals surface area contributed by atoms with Crippen LogP contribution in [0.2, 0.25) is 5.02 Å². The number of benzene rings is 1. The lowest BCUT2D eigenvalue weighted by atomic mass is 10.0. The van der Waals surface area contributed by atoms with Crippen molar-refractivity contribution in [2.75, 3.05) is 20.6 Å². The third-order valence-corrected chi connectivity index (χ3v) is 3.99. The summed E-state index contributed by atoms with van der Waals surface area (Å²) < 4.78 is 5.61. The maximum atomic E-state index is 6.28. The Morgan fingerprint density at radius 1 is 1.24 bits per heavy atom. The van der Waals surface area contributed by atoms with Gasteiger partial charge in [0.15, 0.2) is 0 Å². The Bertz CT molecular complexity index is 567. The first-order valence-corrected chi connectivity index (χ1v) is 7.63. The first kappa shape index (κ1) is 16.1. The summed E-state index contributed by atoms with van der Waals surface area (Å²) in [5.74, 6) is 1.97. The second-order valence-corrected chi connectivity index (χ2v) is 5.81. The van der Waals surface area contributed by atoms with Crippen molar-refractivity contribution < 1.29 is 4.42 Å². The lowest BCUT2D eigenvalue weighted by molar-refractivity contribution is 0.276. The summed E-state index contributed by atoms with van der Waals surface area (Å²) in [5.41, 5.74) is 1.16. The maximum absolute atomic E-state index is 6.28. The molecule has 0 aliphatic carbocycles. The van der Waals surface area contributed by atoms with Gasteiger partial charge in [-0.3, -0.25) is 4.90 Å². The Morgan fingerprint density at radius 3 is 2.62 bits per heavy atom. The summed E-state index contributed by atoms with van der Waals surface area (Å²) in [7, 11) is 4.08. The molecular weight excluding hydrogens is 284 g/mol. The standard InChI is InChI=1S/C17H23ClN2O/c1-13-8-9-14(21-13)12-20(3)11-10-17(19-2)15-6-4-5-7-16(15)18/h4-9,17,19H,10-12H2,1-3H3. The van der Waals surface area contributed by atoms with Gasteiger partial charge in [-0.25, -0.2) is 0 Å². The van der Waals surface area contributed by atoms with Gasteiger partial charge in [-0.2, -0.15) is 0 Å². The minimum atomic E-state index is 0.263. The van der Waals surface area contributed by atoms with Crippen LogP contribution >= 0.6 is 11.6 Å². The zero-order chi connectivity index (χ0) is 15.2. The molecule has 0 saturated carbocycles. The van der Waals surface area contributed by atoms with Crippen LogP contribution in [0.25, 0.3) is 0 Å². The van der Waals surface area contributed by atoms with Gasteiger partial charge in [0.2, 0.25) is 0 Å². The van der Waals surface area contributed by atoms with Crippen LogP contribution in [-0.2, 0) is 6.54 Å². The fourth-order valence-corrected chi connectivity index (χ4v) is 2.75. The lowest BCUT2D eigenvalue weighted by Crippen LogP contribution is -2.25. The van der Waals surface area contributed by atoms with E-state index in [1.54, 1.807) is 0 Å². The predicted molar refractivity (Wildman–Crippen MR) is 87.6 cm³/mol. The summed E-state index contributed by atoms with van der Waals surface area (Å²) in [4.78, 5) is 2.26. The Kier molecular flexibility index (Phi) is 5.85. The van der Waals surface area contributed by atoms with Crippen LogP contribution in [0.5, 0.6) is 0 Å². The second-order valence-electron chi connectivity index (χ2n) is 5.40. The molecule has 0 saturated heterocycles. The second kappa shape index (κ2) is 7.64. The SMILES string of the molecule is CNC(CCN(C)Cc1ccc(C)o1)c1ccccc1Cl. The monoisotopic (exact) mass is 306 g/mol. The third-order valence-electron chi connectivity index (χ3n) is 3.65. The minimum absolute atomic E-state index is 0.263. The molecule has 0 bridgehead atoms. The van der Waals surface area contributed by atoms with Crippen molar-refractivity contribution in [2.24, 2.45) is 0 Å². The molecule has 2 aromatic rings. The molecule has 0 fully saturated rings. The zero-order valence-electron chi connectivity index (χ0n) is 12.9. The molecule has 4 heteroatoms. The zero-order valence-corrected chi connectivity index (χ0v) is 13.7. The van der Waals surface area contributed by atoms with E-state index in [-0.39, 0.29) is 6.04 Å². The Morgan fingerprint density at radius 2 is 2.00 bits per heavy atom. The quantitative estimate of drug-likeness (QED) is 0.837. The van der Waals surface area contributed by atoms with E-state index >= 15 is 0 Å². The summed E-state index contributed by atoms with van der Waals surface area (Å²) >= 11 is 6.28. The van der Waals surface area contributed by atoms with Crippen molar-refractivity contribution in [1.29, 1.82) is 0 Å². The maximum Gasteiger partial charge on any atom is 0.118 e.